The molecule has 0 amide bonds. The highest BCUT2D eigenvalue weighted by Crippen LogP contribution is 2.65. The normalized spacial score (nSPS) is 20.7. The summed E-state index contributed by atoms with van der Waals surface area (Å²) in [5.41, 5.74) is 2.88. The zero-order valence-electron chi connectivity index (χ0n) is 18.0. The fraction of sp³-hybridized carbons (Fsp3) is 0.522. The zero-order chi connectivity index (χ0) is 22.3. The molecular weight excluding hydrogens is 416 g/mol. The van der Waals surface area contributed by atoms with Crippen LogP contribution >= 0.6 is 0 Å². The third-order valence-electron chi connectivity index (χ3n) is 6.85. The molecule has 0 bridgehead atoms. The Bertz CT molecular complexity index is 1150. The largest absolute Gasteiger partial charge is 0.349 e. The predicted octanol–water partition coefficient (Wildman–Crippen LogP) is 4.72. The van der Waals surface area contributed by atoms with Crippen molar-refractivity contribution in [3.05, 3.63) is 41.1 Å². The van der Waals surface area contributed by atoms with Gasteiger partial charge in [-0.15, -0.1) is 0 Å². The van der Waals surface area contributed by atoms with E-state index in [-0.39, 0.29) is 18.2 Å². The van der Waals surface area contributed by atoms with E-state index >= 15 is 0 Å². The van der Waals surface area contributed by atoms with Crippen molar-refractivity contribution < 1.29 is 13.5 Å². The highest BCUT2D eigenvalue weighted by Gasteiger charge is 2.55. The van der Waals surface area contributed by atoms with E-state index < -0.39 is 6.61 Å². The van der Waals surface area contributed by atoms with E-state index in [2.05, 4.69) is 30.8 Å². The van der Waals surface area contributed by atoms with Gasteiger partial charge in [-0.2, -0.15) is 13.8 Å². The minimum Gasteiger partial charge on any atom is -0.349 e. The molecular formula is C23H27F2N5O2. The lowest BCUT2D eigenvalue weighted by atomic mass is 9.86. The maximum Gasteiger partial charge on any atom is 0.345 e. The van der Waals surface area contributed by atoms with Gasteiger partial charge in [-0.05, 0) is 37.7 Å². The topological polar surface area (TPSA) is 84.8 Å². The number of pyridine rings is 1. The van der Waals surface area contributed by atoms with Crippen LogP contribution in [0.3, 0.4) is 0 Å². The van der Waals surface area contributed by atoms with Gasteiger partial charge >= 0.3 is 6.61 Å². The van der Waals surface area contributed by atoms with Gasteiger partial charge in [-0.1, -0.05) is 19.3 Å². The first-order valence-electron chi connectivity index (χ1n) is 11.2. The number of anilines is 1. The van der Waals surface area contributed by atoms with Crippen LogP contribution in [-0.4, -0.2) is 38.8 Å². The lowest BCUT2D eigenvalue weighted by molar-refractivity contribution is -0.130. The Hall–Kier alpha value is -2.81. The second kappa shape index (κ2) is 8.27. The standard InChI is InChI=1S/C23H27F2N5O2/c1-14(13-32-21(24)25)28-22-27-11-16-17(15-5-6-19(31)26-10-15)12-30(20(16)29-22)18-9-23(18)7-3-2-4-8-23/h5-6,10-12,14,18,21H,2-4,7-9,13H2,1H3,(H,26,31)(H,27,28,29)/t14-,18?/m0/s1. The summed E-state index contributed by atoms with van der Waals surface area (Å²) in [5, 5.41) is 3.96. The quantitative estimate of drug-likeness (QED) is 0.552. The van der Waals surface area contributed by atoms with E-state index in [0.717, 1.165) is 28.6 Å². The number of hydrogen-bond donors (Lipinski definition) is 2. The second-order valence-electron chi connectivity index (χ2n) is 9.10. The van der Waals surface area contributed by atoms with Gasteiger partial charge in [-0.3, -0.25) is 4.79 Å². The van der Waals surface area contributed by atoms with Gasteiger partial charge in [0.25, 0.3) is 0 Å². The van der Waals surface area contributed by atoms with Crippen LogP contribution in [0.15, 0.2) is 35.5 Å². The molecule has 5 rings (SSSR count). The Kier molecular flexibility index (Phi) is 5.44. The third-order valence-corrected chi connectivity index (χ3v) is 6.85. The van der Waals surface area contributed by atoms with Crippen LogP contribution in [-0.2, 0) is 4.74 Å². The lowest BCUT2D eigenvalue weighted by Gasteiger charge is -2.22. The van der Waals surface area contributed by atoms with Gasteiger partial charge in [0, 0.05) is 53.3 Å². The van der Waals surface area contributed by atoms with Crippen molar-refractivity contribution in [3.63, 3.8) is 0 Å². The summed E-state index contributed by atoms with van der Waals surface area (Å²) in [7, 11) is 0. The van der Waals surface area contributed by atoms with E-state index in [4.69, 9.17) is 4.98 Å². The fourth-order valence-electron chi connectivity index (χ4n) is 5.14. The molecule has 2 atom stereocenters. The van der Waals surface area contributed by atoms with Gasteiger partial charge in [0.2, 0.25) is 11.5 Å². The molecule has 9 heteroatoms. The fourth-order valence-corrected chi connectivity index (χ4v) is 5.14. The Morgan fingerprint density at radius 3 is 2.84 bits per heavy atom. The lowest BCUT2D eigenvalue weighted by Crippen LogP contribution is -2.24. The molecule has 2 saturated carbocycles. The number of hydrogen-bond acceptors (Lipinski definition) is 5. The number of nitrogens with one attached hydrogen (secondary N) is 2. The van der Waals surface area contributed by atoms with E-state index in [1.807, 2.05) is 0 Å². The number of aromatic amines is 1. The number of H-pyrrole nitrogens is 1. The predicted molar refractivity (Wildman–Crippen MR) is 118 cm³/mol. The number of alkyl halides is 2. The summed E-state index contributed by atoms with van der Waals surface area (Å²) in [6.45, 7) is -1.20. The van der Waals surface area contributed by atoms with Crippen LogP contribution in [0.5, 0.6) is 0 Å². The Morgan fingerprint density at radius 2 is 2.12 bits per heavy atom. The number of aromatic nitrogens is 4. The van der Waals surface area contributed by atoms with Crippen LogP contribution in [0.25, 0.3) is 22.2 Å². The average molecular weight is 443 g/mol. The molecule has 2 fully saturated rings. The summed E-state index contributed by atoms with van der Waals surface area (Å²) in [5.74, 6) is 0.383. The summed E-state index contributed by atoms with van der Waals surface area (Å²) in [6, 6.07) is 3.34. The van der Waals surface area contributed by atoms with Crippen molar-refractivity contribution in [2.24, 2.45) is 5.41 Å². The van der Waals surface area contributed by atoms with Gasteiger partial charge in [0.15, 0.2) is 0 Å². The summed E-state index contributed by atoms with van der Waals surface area (Å²) in [4.78, 5) is 23.5. The second-order valence-corrected chi connectivity index (χ2v) is 9.10. The van der Waals surface area contributed by atoms with Crippen LogP contribution < -0.4 is 10.9 Å². The molecule has 2 aliphatic rings. The van der Waals surface area contributed by atoms with E-state index in [1.54, 1.807) is 25.4 Å². The van der Waals surface area contributed by atoms with Crippen LogP contribution in [0, 0.1) is 5.41 Å². The number of halogens is 2. The average Bonchev–Trinajstić information content (AvgIpc) is 3.32. The Labute approximate surface area is 184 Å². The summed E-state index contributed by atoms with van der Waals surface area (Å²) >= 11 is 0. The van der Waals surface area contributed by atoms with E-state index in [0.29, 0.717) is 17.4 Å². The molecule has 7 nitrogen and oxygen atoms in total. The van der Waals surface area contributed by atoms with Crippen molar-refractivity contribution in [3.8, 4) is 11.1 Å². The molecule has 0 aliphatic heterocycles. The first-order valence-corrected chi connectivity index (χ1v) is 11.2. The summed E-state index contributed by atoms with van der Waals surface area (Å²) in [6.07, 6.45) is 13.1. The monoisotopic (exact) mass is 443 g/mol. The van der Waals surface area contributed by atoms with Crippen LogP contribution in [0.4, 0.5) is 14.7 Å². The van der Waals surface area contributed by atoms with E-state index in [1.165, 1.54) is 38.2 Å². The summed E-state index contributed by atoms with van der Waals surface area (Å²) < 4.78 is 31.3. The van der Waals surface area contributed by atoms with E-state index in [9.17, 15) is 13.6 Å². The SMILES string of the molecule is C[C@@H](COC(F)F)Nc1ncc2c(-c3ccc(=O)[nH]c3)cn(C3CC34CCCCC4)c2n1. The van der Waals surface area contributed by atoms with Gasteiger partial charge in [0.05, 0.1) is 6.61 Å². The minimum atomic E-state index is -2.80. The first kappa shape index (κ1) is 21.1. The molecule has 2 N–H and O–H groups in total. The molecule has 32 heavy (non-hydrogen) atoms. The minimum absolute atomic E-state index is 0.144. The molecule has 3 heterocycles. The molecule has 0 saturated heterocycles. The highest BCUT2D eigenvalue weighted by atomic mass is 19.3. The number of rotatable bonds is 7. The Balaban J connectivity index is 1.51. The third kappa shape index (κ3) is 4.01. The molecule has 0 aromatic carbocycles. The Morgan fingerprint density at radius 1 is 1.31 bits per heavy atom. The molecule has 3 aromatic heterocycles. The maximum atomic E-state index is 12.3. The van der Waals surface area contributed by atoms with Crippen molar-refractivity contribution in [1.82, 2.24) is 19.5 Å². The van der Waals surface area contributed by atoms with Crippen molar-refractivity contribution in [2.45, 2.75) is 64.1 Å². The van der Waals surface area contributed by atoms with Gasteiger partial charge in [-0.25, -0.2) is 4.98 Å². The van der Waals surface area contributed by atoms with Crippen molar-refractivity contribution >= 4 is 17.0 Å². The number of nitrogens with zero attached hydrogens (tertiary/aromatic N) is 3. The van der Waals surface area contributed by atoms with Gasteiger partial charge < -0.3 is 19.6 Å². The molecule has 0 radical (unpaired) electrons. The number of fused-ring (bicyclic) bond motifs is 1. The molecule has 3 aromatic rings. The maximum absolute atomic E-state index is 12.3. The van der Waals surface area contributed by atoms with Crippen LogP contribution in [0.2, 0.25) is 0 Å². The van der Waals surface area contributed by atoms with Crippen molar-refractivity contribution in [1.29, 1.82) is 0 Å². The smallest absolute Gasteiger partial charge is 0.345 e. The molecule has 2 aliphatic carbocycles. The van der Waals surface area contributed by atoms with Crippen LogP contribution in [0.1, 0.15) is 51.5 Å². The molecule has 1 spiro atoms. The highest BCUT2D eigenvalue weighted by molar-refractivity contribution is 5.94. The zero-order valence-corrected chi connectivity index (χ0v) is 18.0. The van der Waals surface area contributed by atoms with Crippen molar-refractivity contribution in [2.75, 3.05) is 11.9 Å². The van der Waals surface area contributed by atoms with Gasteiger partial charge in [0.1, 0.15) is 5.65 Å². The first-order chi connectivity index (χ1) is 15.4. The number of ether oxygens (including phenoxy) is 1. The molecule has 170 valence electrons. The molecule has 1 unspecified atom stereocenters.